The van der Waals surface area contributed by atoms with E-state index in [9.17, 15) is 14.0 Å². The van der Waals surface area contributed by atoms with Crippen molar-refractivity contribution < 1.29 is 14.0 Å². The number of hydrogen-bond acceptors (Lipinski definition) is 3. The highest BCUT2D eigenvalue weighted by molar-refractivity contribution is 6.30. The fourth-order valence-electron chi connectivity index (χ4n) is 4.14. The minimum atomic E-state index is -0.430. The number of fused-ring (bicyclic) bond motifs is 1. The zero-order valence-electron chi connectivity index (χ0n) is 14.5. The van der Waals surface area contributed by atoms with Crippen molar-refractivity contribution in [3.05, 3.63) is 34.6 Å². The van der Waals surface area contributed by atoms with Crippen molar-refractivity contribution in [3.63, 3.8) is 0 Å². The van der Waals surface area contributed by atoms with Crippen LogP contribution in [0.5, 0.6) is 0 Å². The third-order valence-electron chi connectivity index (χ3n) is 5.26. The quantitative estimate of drug-likeness (QED) is 0.889. The number of amides is 2. The molecule has 1 aromatic carbocycles. The van der Waals surface area contributed by atoms with E-state index in [1.54, 1.807) is 13.0 Å². The van der Waals surface area contributed by atoms with E-state index < -0.39 is 11.4 Å². The second-order valence-corrected chi connectivity index (χ2v) is 7.59. The van der Waals surface area contributed by atoms with Crippen molar-refractivity contribution in [1.82, 2.24) is 15.1 Å². The Morgan fingerprint density at radius 2 is 2.12 bits per heavy atom. The lowest BCUT2D eigenvalue weighted by molar-refractivity contribution is -0.128. The van der Waals surface area contributed by atoms with Gasteiger partial charge in [0.05, 0.1) is 10.6 Å². The molecule has 1 aromatic rings. The molecule has 0 saturated carbocycles. The van der Waals surface area contributed by atoms with Gasteiger partial charge in [-0.2, -0.15) is 0 Å². The molecule has 1 N–H and O–H groups in total. The highest BCUT2D eigenvalue weighted by Gasteiger charge is 2.50. The first-order chi connectivity index (χ1) is 11.8. The third kappa shape index (κ3) is 3.80. The number of benzene rings is 1. The molecule has 0 unspecified atom stereocenters. The van der Waals surface area contributed by atoms with Crippen LogP contribution >= 0.6 is 11.6 Å². The summed E-state index contributed by atoms with van der Waals surface area (Å²) in [6.45, 7) is 6.36. The van der Waals surface area contributed by atoms with E-state index in [2.05, 4.69) is 10.2 Å². The van der Waals surface area contributed by atoms with Gasteiger partial charge in [0.25, 0.3) is 0 Å². The fourth-order valence-corrected chi connectivity index (χ4v) is 4.26. The summed E-state index contributed by atoms with van der Waals surface area (Å²) in [4.78, 5) is 27.6. The lowest BCUT2D eigenvalue weighted by Gasteiger charge is -2.44. The molecule has 0 aliphatic carbocycles. The Hall–Kier alpha value is -1.66. The first-order valence-corrected chi connectivity index (χ1v) is 8.87. The molecule has 136 valence electrons. The van der Waals surface area contributed by atoms with Gasteiger partial charge in [0, 0.05) is 45.9 Å². The maximum atomic E-state index is 13.7. The molecule has 2 heterocycles. The lowest BCUT2D eigenvalue weighted by Crippen LogP contribution is -2.63. The molecule has 0 radical (unpaired) electrons. The fraction of sp³-hybridized carbons (Fsp3) is 0.556. The number of halogens is 2. The average Bonchev–Trinajstić information content (AvgIpc) is 2.88. The number of likely N-dealkylation sites (tertiary alicyclic amines) is 2. The summed E-state index contributed by atoms with van der Waals surface area (Å²) < 4.78 is 13.7. The number of nitrogens with one attached hydrogen (secondary N) is 1. The van der Waals surface area contributed by atoms with E-state index >= 15 is 0 Å². The van der Waals surface area contributed by atoms with Gasteiger partial charge in [-0.15, -0.1) is 0 Å². The predicted octanol–water partition coefficient (Wildman–Crippen LogP) is 2.04. The van der Waals surface area contributed by atoms with Crippen molar-refractivity contribution >= 4 is 23.4 Å². The standard InChI is InChI=1S/C18H23ClFN3O2/c1-12(24)21-18-10-22(8-14-3-4-16(19)17(20)7-14)6-5-15(18)9-23(11-18)13(2)25/h3-4,7,15H,5-6,8-11H2,1-2H3,(H,21,24)/t15-,18-/m1/s1. The van der Waals surface area contributed by atoms with E-state index in [4.69, 9.17) is 11.6 Å². The van der Waals surface area contributed by atoms with Gasteiger partial charge in [-0.25, -0.2) is 4.39 Å². The van der Waals surface area contributed by atoms with Crippen LogP contribution in [-0.4, -0.2) is 53.3 Å². The molecule has 7 heteroatoms. The van der Waals surface area contributed by atoms with Crippen molar-refractivity contribution in [2.75, 3.05) is 26.2 Å². The average molecular weight is 368 g/mol. The molecule has 0 aromatic heterocycles. The van der Waals surface area contributed by atoms with Gasteiger partial charge in [0.15, 0.2) is 0 Å². The molecule has 2 aliphatic heterocycles. The Morgan fingerprint density at radius 1 is 1.36 bits per heavy atom. The monoisotopic (exact) mass is 367 g/mol. The van der Waals surface area contributed by atoms with Crippen LogP contribution in [0, 0.1) is 11.7 Å². The second-order valence-electron chi connectivity index (χ2n) is 7.18. The first-order valence-electron chi connectivity index (χ1n) is 8.49. The van der Waals surface area contributed by atoms with Gasteiger partial charge < -0.3 is 10.2 Å². The molecule has 2 atom stereocenters. The molecule has 5 nitrogen and oxygen atoms in total. The van der Waals surface area contributed by atoms with Crippen molar-refractivity contribution in [3.8, 4) is 0 Å². The van der Waals surface area contributed by atoms with Crippen LogP contribution in [-0.2, 0) is 16.1 Å². The molecule has 0 bridgehead atoms. The van der Waals surface area contributed by atoms with Crippen LogP contribution in [0.2, 0.25) is 5.02 Å². The van der Waals surface area contributed by atoms with Crippen LogP contribution in [0.4, 0.5) is 4.39 Å². The number of hydrogen-bond donors (Lipinski definition) is 1. The molecule has 2 saturated heterocycles. The minimum absolute atomic E-state index is 0.0328. The predicted molar refractivity (Wildman–Crippen MR) is 93.6 cm³/mol. The van der Waals surface area contributed by atoms with E-state index in [0.29, 0.717) is 26.2 Å². The highest BCUT2D eigenvalue weighted by Crippen LogP contribution is 2.35. The largest absolute Gasteiger partial charge is 0.347 e. The number of carbonyl (C=O) groups is 2. The zero-order valence-corrected chi connectivity index (χ0v) is 15.3. The zero-order chi connectivity index (χ0) is 18.2. The molecule has 2 amide bonds. The maximum absolute atomic E-state index is 13.7. The topological polar surface area (TPSA) is 52.7 Å². The lowest BCUT2D eigenvalue weighted by atomic mass is 9.80. The second kappa shape index (κ2) is 6.92. The van der Waals surface area contributed by atoms with E-state index in [1.165, 1.54) is 13.0 Å². The van der Waals surface area contributed by atoms with Gasteiger partial charge in [-0.05, 0) is 30.7 Å². The molecular weight excluding hydrogens is 345 g/mol. The maximum Gasteiger partial charge on any atom is 0.219 e. The van der Waals surface area contributed by atoms with Gasteiger partial charge in [0.1, 0.15) is 5.82 Å². The van der Waals surface area contributed by atoms with Crippen LogP contribution in [0.3, 0.4) is 0 Å². The minimum Gasteiger partial charge on any atom is -0.347 e. The summed E-state index contributed by atoms with van der Waals surface area (Å²) in [5.41, 5.74) is 0.417. The Morgan fingerprint density at radius 3 is 2.76 bits per heavy atom. The summed E-state index contributed by atoms with van der Waals surface area (Å²) >= 11 is 5.75. The van der Waals surface area contributed by atoms with Crippen molar-refractivity contribution in [2.24, 2.45) is 5.92 Å². The van der Waals surface area contributed by atoms with Gasteiger partial charge in [-0.1, -0.05) is 17.7 Å². The first kappa shape index (κ1) is 18.1. The van der Waals surface area contributed by atoms with E-state index in [0.717, 1.165) is 18.5 Å². The summed E-state index contributed by atoms with van der Waals surface area (Å²) in [7, 11) is 0. The highest BCUT2D eigenvalue weighted by atomic mass is 35.5. The van der Waals surface area contributed by atoms with Crippen LogP contribution in [0.25, 0.3) is 0 Å². The van der Waals surface area contributed by atoms with E-state index in [-0.39, 0.29) is 22.8 Å². The Labute approximate surface area is 152 Å². The number of rotatable bonds is 3. The van der Waals surface area contributed by atoms with Gasteiger partial charge >= 0.3 is 0 Å². The molecule has 0 spiro atoms. The SMILES string of the molecule is CC(=O)N[C@@]12CN(Cc3ccc(Cl)c(F)c3)CC[C@@H]1CN(C(C)=O)C2. The van der Waals surface area contributed by atoms with Gasteiger partial charge in [0.2, 0.25) is 11.8 Å². The Balaban J connectivity index is 1.77. The number of carbonyl (C=O) groups excluding carboxylic acids is 2. The smallest absolute Gasteiger partial charge is 0.219 e. The summed E-state index contributed by atoms with van der Waals surface area (Å²) in [5.74, 6) is -0.229. The van der Waals surface area contributed by atoms with Crippen LogP contribution in [0.15, 0.2) is 18.2 Å². The summed E-state index contributed by atoms with van der Waals surface area (Å²) in [6, 6.07) is 4.84. The van der Waals surface area contributed by atoms with Crippen molar-refractivity contribution in [1.29, 1.82) is 0 Å². The van der Waals surface area contributed by atoms with Crippen LogP contribution in [0.1, 0.15) is 25.8 Å². The van der Waals surface area contributed by atoms with E-state index in [1.807, 2.05) is 11.0 Å². The Kier molecular flexibility index (Phi) is 5.02. The summed E-state index contributed by atoms with van der Waals surface area (Å²) in [6.07, 6.45) is 0.889. The molecule has 3 rings (SSSR count). The number of nitrogens with zero attached hydrogens (tertiary/aromatic N) is 2. The molecule has 25 heavy (non-hydrogen) atoms. The summed E-state index contributed by atoms with van der Waals surface area (Å²) in [5, 5.41) is 3.22. The molecular formula is C18H23ClFN3O2. The number of piperidine rings is 1. The molecule has 2 aliphatic rings. The van der Waals surface area contributed by atoms with Crippen molar-refractivity contribution in [2.45, 2.75) is 32.4 Å². The van der Waals surface area contributed by atoms with Gasteiger partial charge in [-0.3, -0.25) is 14.5 Å². The third-order valence-corrected chi connectivity index (χ3v) is 5.56. The molecule has 2 fully saturated rings. The Bertz CT molecular complexity index is 699. The van der Waals surface area contributed by atoms with Crippen LogP contribution < -0.4 is 5.32 Å². The normalized spacial score (nSPS) is 26.4.